The molecule has 2 aromatic heterocycles. The number of aromatic nitrogens is 1. The first kappa shape index (κ1) is 25.4. The summed E-state index contributed by atoms with van der Waals surface area (Å²) < 4.78 is 8.76. The molecule has 3 heteroatoms. The first-order chi connectivity index (χ1) is 22.4. The second-order valence-electron chi connectivity index (χ2n) is 11.3. The molecule has 0 fully saturated rings. The number of nitrogens with zero attached hydrogens (tertiary/aromatic N) is 2. The number of hydrogen-bond donors (Lipinski definition) is 0. The van der Waals surface area contributed by atoms with Gasteiger partial charge in [-0.3, -0.25) is 0 Å². The van der Waals surface area contributed by atoms with E-state index in [1.807, 2.05) is 12.1 Å². The SMILES string of the molecule is c1ccc(N(c2ccccc2-c2ccccc2-n2c3ccccc3c3ccccc32)c2cccc3oc4ccccc4c23)cc1. The third-order valence-electron chi connectivity index (χ3n) is 8.80. The Morgan fingerprint density at radius 1 is 0.400 bits per heavy atom. The zero-order valence-electron chi connectivity index (χ0n) is 24.5. The molecule has 0 spiro atoms. The maximum atomic E-state index is 6.35. The van der Waals surface area contributed by atoms with Gasteiger partial charge in [0, 0.05) is 33.0 Å². The Labute approximate surface area is 260 Å². The lowest BCUT2D eigenvalue weighted by molar-refractivity contribution is 0.669. The molecule has 0 amide bonds. The van der Waals surface area contributed by atoms with Crippen LogP contribution in [-0.4, -0.2) is 4.57 Å². The zero-order chi connectivity index (χ0) is 29.7. The van der Waals surface area contributed by atoms with Gasteiger partial charge in [-0.1, -0.05) is 115 Å². The minimum Gasteiger partial charge on any atom is -0.456 e. The summed E-state index contributed by atoms with van der Waals surface area (Å²) in [6.45, 7) is 0. The molecule has 0 saturated heterocycles. The number of fused-ring (bicyclic) bond motifs is 6. The molecule has 212 valence electrons. The standard InChI is InChI=1S/C42H28N2O/c1-2-15-29(16-3-1)43(39-26-14-28-41-42(39)34-21-8-13-27-40(34)45-41)35-22-9-4-17-30(35)31-18-5-10-23-36(31)44-37-24-11-6-19-32(37)33-20-7-12-25-38(33)44/h1-28H. The van der Waals surface area contributed by atoms with E-state index in [1.54, 1.807) is 0 Å². The van der Waals surface area contributed by atoms with Gasteiger partial charge in [-0.25, -0.2) is 0 Å². The van der Waals surface area contributed by atoms with E-state index in [0.29, 0.717) is 0 Å². The molecule has 0 bridgehead atoms. The van der Waals surface area contributed by atoms with Crippen LogP contribution in [-0.2, 0) is 0 Å². The van der Waals surface area contributed by atoms with Gasteiger partial charge in [-0.05, 0) is 54.6 Å². The van der Waals surface area contributed by atoms with Crippen LogP contribution in [0.2, 0.25) is 0 Å². The van der Waals surface area contributed by atoms with E-state index >= 15 is 0 Å². The van der Waals surface area contributed by atoms with Crippen LogP contribution in [0.25, 0.3) is 60.6 Å². The Morgan fingerprint density at radius 2 is 0.956 bits per heavy atom. The van der Waals surface area contributed by atoms with Gasteiger partial charge in [0.2, 0.25) is 0 Å². The average molecular weight is 577 g/mol. The van der Waals surface area contributed by atoms with E-state index in [2.05, 4.69) is 167 Å². The molecular formula is C42H28N2O. The lowest BCUT2D eigenvalue weighted by atomic mass is 9.99. The van der Waals surface area contributed by atoms with Crippen LogP contribution in [0.5, 0.6) is 0 Å². The monoisotopic (exact) mass is 576 g/mol. The molecule has 3 nitrogen and oxygen atoms in total. The van der Waals surface area contributed by atoms with E-state index in [9.17, 15) is 0 Å². The summed E-state index contributed by atoms with van der Waals surface area (Å²) >= 11 is 0. The van der Waals surface area contributed by atoms with Gasteiger partial charge in [0.05, 0.1) is 33.5 Å². The highest BCUT2D eigenvalue weighted by atomic mass is 16.3. The van der Waals surface area contributed by atoms with Crippen molar-refractivity contribution in [1.29, 1.82) is 0 Å². The molecular weight excluding hydrogens is 548 g/mol. The first-order valence-electron chi connectivity index (χ1n) is 15.3. The zero-order valence-corrected chi connectivity index (χ0v) is 24.5. The van der Waals surface area contributed by atoms with Gasteiger partial charge in [0.15, 0.2) is 0 Å². The molecule has 0 unspecified atom stereocenters. The number of hydrogen-bond acceptors (Lipinski definition) is 2. The van der Waals surface area contributed by atoms with Crippen molar-refractivity contribution in [3.63, 3.8) is 0 Å². The summed E-state index contributed by atoms with van der Waals surface area (Å²) in [7, 11) is 0. The Kier molecular flexibility index (Phi) is 5.82. The summed E-state index contributed by atoms with van der Waals surface area (Å²) in [5, 5.41) is 4.70. The second kappa shape index (κ2) is 10.3. The van der Waals surface area contributed by atoms with Gasteiger partial charge in [0.25, 0.3) is 0 Å². The minimum atomic E-state index is 0.873. The fourth-order valence-electron chi connectivity index (χ4n) is 6.90. The average Bonchev–Trinajstić information content (AvgIpc) is 3.66. The topological polar surface area (TPSA) is 21.3 Å². The molecule has 9 aromatic rings. The quantitative estimate of drug-likeness (QED) is 0.203. The molecule has 0 aliphatic heterocycles. The third-order valence-corrected chi connectivity index (χ3v) is 8.80. The van der Waals surface area contributed by atoms with Crippen molar-refractivity contribution in [1.82, 2.24) is 4.57 Å². The fraction of sp³-hybridized carbons (Fsp3) is 0. The highest BCUT2D eigenvalue weighted by Crippen LogP contribution is 2.47. The van der Waals surface area contributed by atoms with Crippen molar-refractivity contribution >= 4 is 60.8 Å². The maximum absolute atomic E-state index is 6.35. The summed E-state index contributed by atoms with van der Waals surface area (Å²) in [5.41, 5.74) is 10.8. The van der Waals surface area contributed by atoms with Crippen LogP contribution < -0.4 is 4.90 Å². The van der Waals surface area contributed by atoms with Crippen molar-refractivity contribution in [3.8, 4) is 16.8 Å². The Balaban J connectivity index is 1.34. The summed E-state index contributed by atoms with van der Waals surface area (Å²) in [6, 6.07) is 60.2. The van der Waals surface area contributed by atoms with Crippen LogP contribution in [0.4, 0.5) is 17.1 Å². The lowest BCUT2D eigenvalue weighted by Crippen LogP contribution is -2.12. The van der Waals surface area contributed by atoms with Gasteiger partial charge >= 0.3 is 0 Å². The van der Waals surface area contributed by atoms with Gasteiger partial charge in [0.1, 0.15) is 11.2 Å². The third kappa shape index (κ3) is 3.98. The van der Waals surface area contributed by atoms with Crippen LogP contribution in [0.15, 0.2) is 174 Å². The molecule has 9 rings (SSSR count). The van der Waals surface area contributed by atoms with E-state index in [1.165, 1.54) is 21.8 Å². The first-order valence-corrected chi connectivity index (χ1v) is 15.3. The van der Waals surface area contributed by atoms with Crippen LogP contribution in [0.1, 0.15) is 0 Å². The number of furan rings is 1. The predicted octanol–water partition coefficient (Wildman–Crippen LogP) is 11.8. The minimum absolute atomic E-state index is 0.873. The molecule has 7 aromatic carbocycles. The normalized spacial score (nSPS) is 11.6. The number of para-hydroxylation sites is 6. The van der Waals surface area contributed by atoms with Crippen molar-refractivity contribution in [2.45, 2.75) is 0 Å². The molecule has 0 saturated carbocycles. The molecule has 0 atom stereocenters. The summed E-state index contributed by atoms with van der Waals surface area (Å²) in [5.74, 6) is 0. The highest BCUT2D eigenvalue weighted by molar-refractivity contribution is 6.14. The fourth-order valence-corrected chi connectivity index (χ4v) is 6.90. The van der Waals surface area contributed by atoms with Gasteiger partial charge in [-0.15, -0.1) is 0 Å². The van der Waals surface area contributed by atoms with E-state index in [-0.39, 0.29) is 0 Å². The Bertz CT molecular complexity index is 2450. The number of rotatable bonds is 5. The Hall–Kier alpha value is -6.06. The molecule has 0 aliphatic rings. The largest absolute Gasteiger partial charge is 0.456 e. The van der Waals surface area contributed by atoms with Crippen molar-refractivity contribution in [3.05, 3.63) is 170 Å². The van der Waals surface area contributed by atoms with Crippen molar-refractivity contribution < 1.29 is 4.42 Å². The smallest absolute Gasteiger partial charge is 0.137 e. The van der Waals surface area contributed by atoms with Gasteiger partial charge < -0.3 is 13.9 Å². The van der Waals surface area contributed by atoms with Crippen LogP contribution in [0, 0.1) is 0 Å². The number of benzene rings is 7. The maximum Gasteiger partial charge on any atom is 0.137 e. The number of anilines is 3. The summed E-state index contributed by atoms with van der Waals surface area (Å²) in [4.78, 5) is 2.38. The van der Waals surface area contributed by atoms with Crippen molar-refractivity contribution in [2.75, 3.05) is 4.90 Å². The van der Waals surface area contributed by atoms with Crippen molar-refractivity contribution in [2.24, 2.45) is 0 Å². The second-order valence-corrected chi connectivity index (χ2v) is 11.3. The molecule has 45 heavy (non-hydrogen) atoms. The van der Waals surface area contributed by atoms with Gasteiger partial charge in [-0.2, -0.15) is 0 Å². The molecule has 0 aliphatic carbocycles. The summed E-state index contributed by atoms with van der Waals surface area (Å²) in [6.07, 6.45) is 0. The van der Waals surface area contributed by atoms with E-state index in [0.717, 1.165) is 55.8 Å². The van der Waals surface area contributed by atoms with Crippen LogP contribution >= 0.6 is 0 Å². The highest BCUT2D eigenvalue weighted by Gasteiger charge is 2.23. The molecule has 0 N–H and O–H groups in total. The van der Waals surface area contributed by atoms with E-state index in [4.69, 9.17) is 4.42 Å². The van der Waals surface area contributed by atoms with Crippen LogP contribution in [0.3, 0.4) is 0 Å². The lowest BCUT2D eigenvalue weighted by Gasteiger charge is -2.29. The molecule has 2 heterocycles. The molecule has 0 radical (unpaired) electrons. The van der Waals surface area contributed by atoms with E-state index < -0.39 is 0 Å². The predicted molar refractivity (Wildman–Crippen MR) is 188 cm³/mol. The Morgan fingerprint density at radius 3 is 1.73 bits per heavy atom.